The number of hydrogen-bond acceptors (Lipinski definition) is 6. The second-order valence-corrected chi connectivity index (χ2v) is 4.04. The zero-order valence-corrected chi connectivity index (χ0v) is 10.3. The highest BCUT2D eigenvalue weighted by Gasteiger charge is 2.12. The van der Waals surface area contributed by atoms with Gasteiger partial charge in [-0.1, -0.05) is 11.2 Å². The molecule has 100 valence electrons. The number of nitrogens with zero attached hydrogens (tertiary/aromatic N) is 4. The monoisotopic (exact) mass is 271 g/mol. The summed E-state index contributed by atoms with van der Waals surface area (Å²) in [7, 11) is 0. The maximum absolute atomic E-state index is 12.8. The minimum atomic E-state index is -0.420. The molecular weight excluding hydrogens is 261 g/mol. The molecular formula is C13H10FN5O. The fourth-order valence-electron chi connectivity index (χ4n) is 1.61. The first-order valence-electron chi connectivity index (χ1n) is 5.87. The third-order valence-electron chi connectivity index (χ3n) is 2.66. The summed E-state index contributed by atoms with van der Waals surface area (Å²) >= 11 is 0. The average molecular weight is 271 g/mol. The van der Waals surface area contributed by atoms with Gasteiger partial charge in [-0.2, -0.15) is 4.98 Å². The Morgan fingerprint density at radius 3 is 2.50 bits per heavy atom. The van der Waals surface area contributed by atoms with Crippen molar-refractivity contribution in [2.45, 2.75) is 6.54 Å². The molecule has 3 rings (SSSR count). The molecule has 0 aliphatic rings. The van der Waals surface area contributed by atoms with Crippen LogP contribution in [0, 0.1) is 5.82 Å². The number of rotatable bonds is 3. The van der Waals surface area contributed by atoms with Crippen molar-refractivity contribution in [3.63, 3.8) is 0 Å². The van der Waals surface area contributed by atoms with E-state index in [0.29, 0.717) is 17.9 Å². The molecule has 20 heavy (non-hydrogen) atoms. The van der Waals surface area contributed by atoms with E-state index in [1.807, 2.05) is 6.07 Å². The minimum Gasteiger partial charge on any atom is -0.332 e. The molecule has 2 N–H and O–H groups in total. The van der Waals surface area contributed by atoms with E-state index in [2.05, 4.69) is 20.1 Å². The van der Waals surface area contributed by atoms with Crippen molar-refractivity contribution in [2.75, 3.05) is 0 Å². The first kappa shape index (κ1) is 12.4. The van der Waals surface area contributed by atoms with Gasteiger partial charge in [0.1, 0.15) is 17.2 Å². The summed E-state index contributed by atoms with van der Waals surface area (Å²) in [6.07, 6.45) is 2.75. The number of aromatic nitrogens is 4. The van der Waals surface area contributed by atoms with E-state index in [1.165, 1.54) is 12.1 Å². The highest BCUT2D eigenvalue weighted by Crippen LogP contribution is 2.19. The van der Waals surface area contributed by atoms with Gasteiger partial charge in [0.05, 0.1) is 6.20 Å². The molecule has 0 aliphatic heterocycles. The molecule has 0 fully saturated rings. The van der Waals surface area contributed by atoms with Crippen LogP contribution >= 0.6 is 0 Å². The molecule has 3 aromatic rings. The molecule has 7 heteroatoms. The predicted octanol–water partition coefficient (Wildman–Crippen LogP) is 1.79. The Labute approximate surface area is 113 Å². The van der Waals surface area contributed by atoms with Crippen LogP contribution in [-0.4, -0.2) is 20.1 Å². The summed E-state index contributed by atoms with van der Waals surface area (Å²) < 4.78 is 17.9. The fraction of sp³-hybridized carbons (Fsp3) is 0.0769. The van der Waals surface area contributed by atoms with Crippen molar-refractivity contribution in [3.8, 4) is 23.1 Å². The van der Waals surface area contributed by atoms with Gasteiger partial charge >= 0.3 is 0 Å². The SMILES string of the molecule is NCc1ccc(-c2nc(-c3ccc(F)cn3)no2)nc1. The van der Waals surface area contributed by atoms with E-state index >= 15 is 0 Å². The molecule has 6 nitrogen and oxygen atoms in total. The van der Waals surface area contributed by atoms with Gasteiger partial charge in [0.15, 0.2) is 0 Å². The Hall–Kier alpha value is -2.67. The Balaban J connectivity index is 1.91. The lowest BCUT2D eigenvalue weighted by atomic mass is 10.2. The van der Waals surface area contributed by atoms with Gasteiger partial charge in [0.25, 0.3) is 5.89 Å². The van der Waals surface area contributed by atoms with E-state index < -0.39 is 5.82 Å². The highest BCUT2D eigenvalue weighted by atomic mass is 19.1. The summed E-state index contributed by atoms with van der Waals surface area (Å²) in [5.41, 5.74) is 7.39. The second-order valence-electron chi connectivity index (χ2n) is 4.04. The van der Waals surface area contributed by atoms with Crippen LogP contribution in [-0.2, 0) is 6.54 Å². The summed E-state index contributed by atoms with van der Waals surface area (Å²) in [5, 5.41) is 3.80. The van der Waals surface area contributed by atoms with Gasteiger partial charge in [0, 0.05) is 12.7 Å². The van der Waals surface area contributed by atoms with E-state index in [0.717, 1.165) is 11.8 Å². The Kier molecular flexibility index (Phi) is 3.18. The van der Waals surface area contributed by atoms with E-state index in [9.17, 15) is 4.39 Å². The first-order valence-corrected chi connectivity index (χ1v) is 5.87. The molecule has 0 atom stereocenters. The molecule has 0 saturated heterocycles. The minimum absolute atomic E-state index is 0.273. The van der Waals surface area contributed by atoms with Crippen LogP contribution in [0.25, 0.3) is 23.1 Å². The van der Waals surface area contributed by atoms with Crippen molar-refractivity contribution in [1.29, 1.82) is 0 Å². The van der Waals surface area contributed by atoms with Crippen LogP contribution in [0.1, 0.15) is 5.56 Å². The lowest BCUT2D eigenvalue weighted by Crippen LogP contribution is -1.96. The molecule has 0 spiro atoms. The smallest absolute Gasteiger partial charge is 0.276 e. The number of hydrogen-bond donors (Lipinski definition) is 1. The van der Waals surface area contributed by atoms with E-state index in [4.69, 9.17) is 10.3 Å². The van der Waals surface area contributed by atoms with Crippen molar-refractivity contribution in [1.82, 2.24) is 20.1 Å². The maximum Gasteiger partial charge on any atom is 0.276 e. The highest BCUT2D eigenvalue weighted by molar-refractivity contribution is 5.53. The lowest BCUT2D eigenvalue weighted by molar-refractivity contribution is 0.430. The topological polar surface area (TPSA) is 90.7 Å². The van der Waals surface area contributed by atoms with Crippen LogP contribution in [0.4, 0.5) is 4.39 Å². The quantitative estimate of drug-likeness (QED) is 0.781. The molecule has 3 aromatic heterocycles. The molecule has 0 saturated carbocycles. The molecule has 0 unspecified atom stereocenters. The third kappa shape index (κ3) is 2.39. The molecule has 0 amide bonds. The largest absolute Gasteiger partial charge is 0.332 e. The first-order chi connectivity index (χ1) is 9.76. The fourth-order valence-corrected chi connectivity index (χ4v) is 1.61. The van der Waals surface area contributed by atoms with Crippen molar-refractivity contribution in [2.24, 2.45) is 5.73 Å². The standard InChI is InChI=1S/C13H10FN5O/c14-9-2-4-10(17-7-9)12-18-13(20-19-12)11-3-1-8(5-15)6-16-11/h1-4,6-7H,5,15H2. The van der Waals surface area contributed by atoms with Gasteiger partial charge in [-0.15, -0.1) is 0 Å². The molecule has 0 aliphatic carbocycles. The van der Waals surface area contributed by atoms with Crippen LogP contribution in [0.3, 0.4) is 0 Å². The van der Waals surface area contributed by atoms with Gasteiger partial charge in [-0.25, -0.2) is 9.37 Å². The van der Waals surface area contributed by atoms with Crippen molar-refractivity contribution in [3.05, 3.63) is 48.0 Å². The number of pyridine rings is 2. The average Bonchev–Trinajstić information content (AvgIpc) is 2.98. The van der Waals surface area contributed by atoms with Crippen molar-refractivity contribution < 1.29 is 8.91 Å². The zero-order chi connectivity index (χ0) is 13.9. The van der Waals surface area contributed by atoms with Gasteiger partial charge in [0.2, 0.25) is 5.82 Å². The molecule has 0 radical (unpaired) electrons. The Morgan fingerprint density at radius 2 is 1.85 bits per heavy atom. The van der Waals surface area contributed by atoms with Gasteiger partial charge in [-0.3, -0.25) is 4.98 Å². The summed E-state index contributed by atoms with van der Waals surface area (Å²) in [4.78, 5) is 12.2. The molecule has 0 aromatic carbocycles. The molecule has 0 bridgehead atoms. The third-order valence-corrected chi connectivity index (χ3v) is 2.66. The summed E-state index contributed by atoms with van der Waals surface area (Å²) in [6, 6.07) is 6.35. The molecule has 3 heterocycles. The second kappa shape index (κ2) is 5.14. The Bertz CT molecular complexity index is 708. The van der Waals surface area contributed by atoms with Crippen LogP contribution < -0.4 is 5.73 Å². The number of halogens is 1. The summed E-state index contributed by atoms with van der Waals surface area (Å²) in [5.74, 6) is 0.135. The van der Waals surface area contributed by atoms with Crippen LogP contribution in [0.15, 0.2) is 41.2 Å². The van der Waals surface area contributed by atoms with Gasteiger partial charge < -0.3 is 10.3 Å². The van der Waals surface area contributed by atoms with Gasteiger partial charge in [-0.05, 0) is 23.8 Å². The van der Waals surface area contributed by atoms with Crippen LogP contribution in [0.2, 0.25) is 0 Å². The predicted molar refractivity (Wildman–Crippen MR) is 68.6 cm³/mol. The Morgan fingerprint density at radius 1 is 1.05 bits per heavy atom. The van der Waals surface area contributed by atoms with Crippen LogP contribution in [0.5, 0.6) is 0 Å². The van der Waals surface area contributed by atoms with E-state index in [-0.39, 0.29) is 11.7 Å². The number of nitrogens with two attached hydrogens (primary N) is 1. The van der Waals surface area contributed by atoms with Crippen molar-refractivity contribution >= 4 is 0 Å². The zero-order valence-electron chi connectivity index (χ0n) is 10.3. The lowest BCUT2D eigenvalue weighted by Gasteiger charge is -1.96. The summed E-state index contributed by atoms with van der Waals surface area (Å²) in [6.45, 7) is 0.419. The van der Waals surface area contributed by atoms with E-state index in [1.54, 1.807) is 12.3 Å². The normalized spacial score (nSPS) is 10.7. The maximum atomic E-state index is 12.8.